The Morgan fingerprint density at radius 2 is 1.40 bits per heavy atom. The molecule has 2 unspecified atom stereocenters. The minimum absolute atomic E-state index is 0.107. The molecule has 0 heterocycles. The Morgan fingerprint density at radius 3 is 2.03 bits per heavy atom. The van der Waals surface area contributed by atoms with E-state index in [4.69, 9.17) is 0 Å². The third-order valence-electron chi connectivity index (χ3n) is 6.30. The molecule has 0 N–H and O–H groups in total. The Labute approximate surface area is 183 Å². The molecule has 0 saturated heterocycles. The molecule has 2 heteroatoms. The predicted octanol–water partition coefficient (Wildman–Crippen LogP) is 9.46. The van der Waals surface area contributed by atoms with Gasteiger partial charge in [0.2, 0.25) is 0 Å². The number of aryl methyl sites for hydroxylation is 1. The highest BCUT2D eigenvalue weighted by atomic mass is 19.2. The molecular formula is C28H40F2. The van der Waals surface area contributed by atoms with Crippen LogP contribution in [0.2, 0.25) is 0 Å². The summed E-state index contributed by atoms with van der Waals surface area (Å²) in [5.74, 6) is -0.475. The Morgan fingerprint density at radius 1 is 0.700 bits per heavy atom. The van der Waals surface area contributed by atoms with Crippen LogP contribution < -0.4 is 0 Å². The molecule has 2 rings (SSSR count). The molecule has 2 atom stereocenters. The molecule has 0 amide bonds. The van der Waals surface area contributed by atoms with Crippen molar-refractivity contribution in [2.24, 2.45) is 5.92 Å². The summed E-state index contributed by atoms with van der Waals surface area (Å²) in [6.45, 7) is 8.80. The number of halogens is 2. The van der Waals surface area contributed by atoms with Gasteiger partial charge in [-0.15, -0.1) is 0 Å². The Kier molecular flexibility index (Phi) is 10.5. The van der Waals surface area contributed by atoms with E-state index in [0.717, 1.165) is 50.0 Å². The van der Waals surface area contributed by atoms with Gasteiger partial charge in [-0.2, -0.15) is 0 Å². The van der Waals surface area contributed by atoms with E-state index in [0.29, 0.717) is 11.1 Å². The monoisotopic (exact) mass is 414 g/mol. The fourth-order valence-corrected chi connectivity index (χ4v) is 4.50. The number of unbranched alkanes of at least 4 members (excludes halogenated alkanes) is 1. The van der Waals surface area contributed by atoms with Gasteiger partial charge >= 0.3 is 0 Å². The van der Waals surface area contributed by atoms with Crippen molar-refractivity contribution in [1.82, 2.24) is 0 Å². The Bertz CT molecular complexity index is 748. The van der Waals surface area contributed by atoms with Crippen molar-refractivity contribution < 1.29 is 8.78 Å². The van der Waals surface area contributed by atoms with Crippen molar-refractivity contribution in [2.45, 2.75) is 97.8 Å². The third-order valence-corrected chi connectivity index (χ3v) is 6.30. The van der Waals surface area contributed by atoms with Gasteiger partial charge in [0.05, 0.1) is 0 Å². The first kappa shape index (κ1) is 24.6. The van der Waals surface area contributed by atoms with Gasteiger partial charge in [0.15, 0.2) is 11.6 Å². The highest BCUT2D eigenvalue weighted by Crippen LogP contribution is 2.34. The quantitative estimate of drug-likeness (QED) is 0.306. The van der Waals surface area contributed by atoms with Gasteiger partial charge in [-0.3, -0.25) is 0 Å². The van der Waals surface area contributed by atoms with Crippen LogP contribution in [-0.4, -0.2) is 0 Å². The van der Waals surface area contributed by atoms with Crippen LogP contribution in [0, 0.1) is 17.6 Å². The van der Waals surface area contributed by atoms with Crippen LogP contribution in [-0.2, 0) is 6.42 Å². The Hall–Kier alpha value is -1.70. The molecule has 0 aliphatic carbocycles. The lowest BCUT2D eigenvalue weighted by Gasteiger charge is -2.18. The van der Waals surface area contributed by atoms with Crippen LogP contribution in [0.5, 0.6) is 0 Å². The highest BCUT2D eigenvalue weighted by molar-refractivity contribution is 5.65. The van der Waals surface area contributed by atoms with Gasteiger partial charge in [-0.05, 0) is 54.2 Å². The van der Waals surface area contributed by atoms with Crippen molar-refractivity contribution in [3.8, 4) is 11.1 Å². The van der Waals surface area contributed by atoms with E-state index in [1.165, 1.54) is 31.2 Å². The zero-order valence-corrected chi connectivity index (χ0v) is 19.4. The standard InChI is InChI=1S/C28H40F2/c1-5-8-14-23(11-7-3)25-19-20-26(28(30)27(25)29)24-17-15-22(16-18-24)13-9-12-21(4)10-6-2/h15-21,23H,5-14H2,1-4H3. The highest BCUT2D eigenvalue weighted by Gasteiger charge is 2.20. The number of rotatable bonds is 13. The number of hydrogen-bond donors (Lipinski definition) is 0. The van der Waals surface area contributed by atoms with Crippen molar-refractivity contribution in [1.29, 1.82) is 0 Å². The normalized spacial score (nSPS) is 13.4. The smallest absolute Gasteiger partial charge is 0.166 e. The van der Waals surface area contributed by atoms with E-state index in [-0.39, 0.29) is 5.92 Å². The van der Waals surface area contributed by atoms with Gasteiger partial charge in [0, 0.05) is 5.56 Å². The molecule has 2 aromatic rings. The van der Waals surface area contributed by atoms with Crippen LogP contribution in [0.4, 0.5) is 8.78 Å². The first-order valence-electron chi connectivity index (χ1n) is 12.1. The second-order valence-electron chi connectivity index (χ2n) is 8.94. The maximum Gasteiger partial charge on any atom is 0.166 e. The summed E-state index contributed by atoms with van der Waals surface area (Å²) < 4.78 is 29.9. The summed E-state index contributed by atoms with van der Waals surface area (Å²) in [5, 5.41) is 0. The maximum absolute atomic E-state index is 15.0. The van der Waals surface area contributed by atoms with Gasteiger partial charge in [-0.25, -0.2) is 8.78 Å². The van der Waals surface area contributed by atoms with Crippen molar-refractivity contribution in [3.05, 3.63) is 59.2 Å². The second kappa shape index (κ2) is 12.9. The molecule has 0 spiro atoms. The fraction of sp³-hybridized carbons (Fsp3) is 0.571. The molecule has 30 heavy (non-hydrogen) atoms. The molecule has 0 saturated carbocycles. The molecule has 0 bridgehead atoms. The Balaban J connectivity index is 2.11. The number of hydrogen-bond acceptors (Lipinski definition) is 0. The molecular weight excluding hydrogens is 374 g/mol. The summed E-state index contributed by atoms with van der Waals surface area (Å²) >= 11 is 0. The summed E-state index contributed by atoms with van der Waals surface area (Å²) in [4.78, 5) is 0. The fourth-order valence-electron chi connectivity index (χ4n) is 4.50. The molecule has 0 aliphatic rings. The van der Waals surface area contributed by atoms with Crippen LogP contribution in [0.3, 0.4) is 0 Å². The van der Waals surface area contributed by atoms with Crippen LogP contribution in [0.15, 0.2) is 36.4 Å². The van der Waals surface area contributed by atoms with Crippen molar-refractivity contribution in [2.75, 3.05) is 0 Å². The molecule has 0 aromatic heterocycles. The zero-order valence-electron chi connectivity index (χ0n) is 19.4. The lowest BCUT2D eigenvalue weighted by Crippen LogP contribution is -2.05. The second-order valence-corrected chi connectivity index (χ2v) is 8.94. The average Bonchev–Trinajstić information content (AvgIpc) is 2.74. The van der Waals surface area contributed by atoms with Crippen LogP contribution in [0.1, 0.15) is 103 Å². The molecule has 2 aromatic carbocycles. The SMILES string of the molecule is CCCCC(CCC)c1ccc(-c2ccc(CCCC(C)CCC)cc2)c(F)c1F. The summed E-state index contributed by atoms with van der Waals surface area (Å²) in [7, 11) is 0. The van der Waals surface area contributed by atoms with E-state index in [2.05, 4.69) is 39.8 Å². The maximum atomic E-state index is 15.0. The first-order valence-corrected chi connectivity index (χ1v) is 12.1. The zero-order chi connectivity index (χ0) is 21.9. The summed E-state index contributed by atoms with van der Waals surface area (Å²) in [5.41, 5.74) is 2.93. The third kappa shape index (κ3) is 6.93. The molecule has 0 aliphatic heterocycles. The minimum atomic E-state index is -0.703. The summed E-state index contributed by atoms with van der Waals surface area (Å²) in [6.07, 6.45) is 10.9. The van der Waals surface area contributed by atoms with Gasteiger partial charge in [-0.1, -0.05) is 103 Å². The van der Waals surface area contributed by atoms with Gasteiger partial charge < -0.3 is 0 Å². The van der Waals surface area contributed by atoms with E-state index < -0.39 is 11.6 Å². The van der Waals surface area contributed by atoms with E-state index >= 15 is 0 Å². The molecule has 0 radical (unpaired) electrons. The average molecular weight is 415 g/mol. The van der Waals surface area contributed by atoms with E-state index in [1.807, 2.05) is 18.2 Å². The topological polar surface area (TPSA) is 0 Å². The number of benzene rings is 2. The lowest BCUT2D eigenvalue weighted by atomic mass is 9.88. The summed E-state index contributed by atoms with van der Waals surface area (Å²) in [6, 6.07) is 11.6. The van der Waals surface area contributed by atoms with Crippen molar-refractivity contribution in [3.63, 3.8) is 0 Å². The first-order chi connectivity index (χ1) is 14.5. The lowest BCUT2D eigenvalue weighted by molar-refractivity contribution is 0.466. The van der Waals surface area contributed by atoms with E-state index in [9.17, 15) is 8.78 Å². The minimum Gasteiger partial charge on any atom is -0.203 e. The van der Waals surface area contributed by atoms with Gasteiger partial charge in [0.25, 0.3) is 0 Å². The molecule has 166 valence electrons. The van der Waals surface area contributed by atoms with Gasteiger partial charge in [0.1, 0.15) is 0 Å². The van der Waals surface area contributed by atoms with Crippen LogP contribution >= 0.6 is 0 Å². The molecule has 0 fully saturated rings. The van der Waals surface area contributed by atoms with Crippen LogP contribution in [0.25, 0.3) is 11.1 Å². The largest absolute Gasteiger partial charge is 0.203 e. The van der Waals surface area contributed by atoms with E-state index in [1.54, 1.807) is 6.07 Å². The van der Waals surface area contributed by atoms with Crippen molar-refractivity contribution >= 4 is 0 Å². The molecule has 0 nitrogen and oxygen atoms in total. The predicted molar refractivity (Wildman–Crippen MR) is 126 cm³/mol.